The van der Waals surface area contributed by atoms with Crippen LogP contribution in [0.2, 0.25) is 5.02 Å². The van der Waals surface area contributed by atoms with Gasteiger partial charge in [0, 0.05) is 48.7 Å². The highest BCUT2D eigenvalue weighted by molar-refractivity contribution is 6.35. The Balaban J connectivity index is 1.43. The SMILES string of the molecule is CN1C[C@H](F)C[C@H]1COc1nc2c(F)c(-c3cc(O)cc4ccccc34)c(Cl)cc2c(N2C[C@H]3CC[C@@H](C2)N3)c1C#N. The number of nitriles is 1. The van der Waals surface area contributed by atoms with Gasteiger partial charge in [0.05, 0.1) is 10.7 Å². The molecule has 7 rings (SSSR count). The van der Waals surface area contributed by atoms with Crippen LogP contribution in [0.1, 0.15) is 24.8 Å². The summed E-state index contributed by atoms with van der Waals surface area (Å²) < 4.78 is 37.0. The van der Waals surface area contributed by atoms with Crippen molar-refractivity contribution < 1.29 is 18.6 Å². The minimum absolute atomic E-state index is 0.0140. The van der Waals surface area contributed by atoms with E-state index < -0.39 is 12.0 Å². The molecule has 3 aliphatic heterocycles. The molecule has 10 heteroatoms. The lowest BCUT2D eigenvalue weighted by atomic mass is 9.95. The molecule has 42 heavy (non-hydrogen) atoms. The molecule has 0 amide bonds. The fraction of sp³-hybridized carbons (Fsp3) is 0.375. The zero-order chi connectivity index (χ0) is 29.1. The van der Waals surface area contributed by atoms with E-state index in [4.69, 9.17) is 16.3 Å². The minimum Gasteiger partial charge on any atom is -0.508 e. The van der Waals surface area contributed by atoms with E-state index in [9.17, 15) is 14.8 Å². The standard InChI is InChI=1S/C32H30ClF2N5O2/c1-39-13-18(34)9-21(39)16-42-32-26(12-36)31(40-14-19-6-7-20(15-40)37-19)25-11-27(33)28(29(35)30(25)38-32)24-10-22(41)8-17-4-2-3-5-23(17)24/h2-5,8,10-11,18-21,37,41H,6-7,9,13-16H2,1H3/t18-,19-,20+,21+/m1/s1. The van der Waals surface area contributed by atoms with Crippen molar-refractivity contribution in [1.29, 1.82) is 5.26 Å². The third kappa shape index (κ3) is 4.58. The first-order valence-corrected chi connectivity index (χ1v) is 14.6. The van der Waals surface area contributed by atoms with Crippen LogP contribution in [0.4, 0.5) is 14.5 Å². The average Bonchev–Trinajstić information content (AvgIpc) is 3.48. The molecule has 0 aliphatic carbocycles. The number of aromatic nitrogens is 1. The third-order valence-corrected chi connectivity index (χ3v) is 9.22. The van der Waals surface area contributed by atoms with E-state index in [1.54, 1.807) is 12.1 Å². The van der Waals surface area contributed by atoms with Gasteiger partial charge in [-0.15, -0.1) is 0 Å². The summed E-state index contributed by atoms with van der Waals surface area (Å²) in [6.45, 7) is 1.73. The Bertz CT molecular complexity index is 1750. The van der Waals surface area contributed by atoms with Crippen LogP contribution in [0.15, 0.2) is 42.5 Å². The summed E-state index contributed by atoms with van der Waals surface area (Å²) >= 11 is 6.85. The Labute approximate surface area is 247 Å². The molecule has 7 nitrogen and oxygen atoms in total. The molecule has 3 saturated heterocycles. The lowest BCUT2D eigenvalue weighted by Gasteiger charge is -2.36. The molecule has 3 aromatic carbocycles. The van der Waals surface area contributed by atoms with E-state index in [1.807, 2.05) is 36.2 Å². The van der Waals surface area contributed by atoms with Crippen molar-refractivity contribution in [3.8, 4) is 28.8 Å². The summed E-state index contributed by atoms with van der Waals surface area (Å²) in [7, 11) is 1.84. The van der Waals surface area contributed by atoms with Gasteiger partial charge in [-0.2, -0.15) is 5.26 Å². The topological polar surface area (TPSA) is 84.7 Å². The van der Waals surface area contributed by atoms with Gasteiger partial charge in [0.2, 0.25) is 5.88 Å². The number of phenolic OH excluding ortho intramolecular Hbond substituents is 1. The number of rotatable bonds is 5. The number of pyridine rings is 1. The number of likely N-dealkylation sites (tertiary alicyclic amines) is 1. The summed E-state index contributed by atoms with van der Waals surface area (Å²) in [6.07, 6.45) is 1.42. The maximum atomic E-state index is 16.8. The summed E-state index contributed by atoms with van der Waals surface area (Å²) in [5, 5.41) is 26.5. The van der Waals surface area contributed by atoms with E-state index >= 15 is 4.39 Å². The molecule has 0 spiro atoms. The Kier molecular flexibility index (Phi) is 6.81. The van der Waals surface area contributed by atoms with Crippen molar-refractivity contribution in [2.75, 3.05) is 38.2 Å². The molecule has 4 heterocycles. The van der Waals surface area contributed by atoms with Gasteiger partial charge in [-0.3, -0.25) is 4.90 Å². The van der Waals surface area contributed by atoms with Crippen LogP contribution in [0.5, 0.6) is 11.6 Å². The van der Waals surface area contributed by atoms with Crippen molar-refractivity contribution in [2.24, 2.45) is 0 Å². The normalized spacial score (nSPS) is 24.0. The predicted octanol–water partition coefficient (Wildman–Crippen LogP) is 5.79. The number of phenols is 1. The summed E-state index contributed by atoms with van der Waals surface area (Å²) in [4.78, 5) is 8.60. The monoisotopic (exact) mass is 589 g/mol. The molecule has 0 unspecified atom stereocenters. The quantitative estimate of drug-likeness (QED) is 0.305. The Morgan fingerprint density at radius 2 is 1.90 bits per heavy atom. The summed E-state index contributed by atoms with van der Waals surface area (Å²) in [6, 6.07) is 14.8. The first-order chi connectivity index (χ1) is 20.3. The molecular weight excluding hydrogens is 560 g/mol. The molecule has 3 aliphatic rings. The lowest BCUT2D eigenvalue weighted by molar-refractivity contribution is 0.193. The third-order valence-electron chi connectivity index (χ3n) is 8.92. The molecule has 4 aromatic rings. The van der Waals surface area contributed by atoms with E-state index in [0.717, 1.165) is 23.6 Å². The van der Waals surface area contributed by atoms with Gasteiger partial charge >= 0.3 is 0 Å². The lowest BCUT2D eigenvalue weighted by Crippen LogP contribution is -2.51. The average molecular weight is 590 g/mol. The zero-order valence-corrected chi connectivity index (χ0v) is 23.8. The number of ether oxygens (including phenoxy) is 1. The molecular formula is C32H30ClF2N5O2. The molecule has 0 saturated carbocycles. The van der Waals surface area contributed by atoms with E-state index in [1.165, 1.54) is 6.07 Å². The number of piperazine rings is 1. The van der Waals surface area contributed by atoms with Gasteiger partial charge in [0.15, 0.2) is 5.82 Å². The van der Waals surface area contributed by atoms with Gasteiger partial charge in [-0.1, -0.05) is 35.9 Å². The number of benzene rings is 3. The fourth-order valence-electron chi connectivity index (χ4n) is 6.94. The Hall–Kier alpha value is -3.71. The van der Waals surface area contributed by atoms with Crippen LogP contribution in [-0.2, 0) is 0 Å². The van der Waals surface area contributed by atoms with Gasteiger partial charge in [-0.25, -0.2) is 13.8 Å². The molecule has 216 valence electrons. The van der Waals surface area contributed by atoms with Crippen LogP contribution in [0.3, 0.4) is 0 Å². The van der Waals surface area contributed by atoms with Crippen molar-refractivity contribution in [3.05, 3.63) is 58.9 Å². The zero-order valence-electron chi connectivity index (χ0n) is 23.1. The smallest absolute Gasteiger partial charge is 0.234 e. The van der Waals surface area contributed by atoms with Crippen LogP contribution in [-0.4, -0.2) is 72.6 Å². The first-order valence-electron chi connectivity index (χ1n) is 14.3. The number of aromatic hydroxyl groups is 1. The highest BCUT2D eigenvalue weighted by Crippen LogP contribution is 2.45. The largest absolute Gasteiger partial charge is 0.508 e. The summed E-state index contributed by atoms with van der Waals surface area (Å²) in [5.74, 6) is -0.654. The minimum atomic E-state index is -0.949. The second kappa shape index (κ2) is 10.5. The van der Waals surface area contributed by atoms with Crippen LogP contribution >= 0.6 is 11.6 Å². The molecule has 0 radical (unpaired) electrons. The number of hydrogen-bond acceptors (Lipinski definition) is 7. The predicted molar refractivity (Wildman–Crippen MR) is 160 cm³/mol. The number of alkyl halides is 1. The van der Waals surface area contributed by atoms with E-state index in [-0.39, 0.29) is 58.0 Å². The van der Waals surface area contributed by atoms with E-state index in [0.29, 0.717) is 42.7 Å². The molecule has 3 fully saturated rings. The highest BCUT2D eigenvalue weighted by atomic mass is 35.5. The van der Waals surface area contributed by atoms with Crippen molar-refractivity contribution in [1.82, 2.24) is 15.2 Å². The van der Waals surface area contributed by atoms with E-state index in [2.05, 4.69) is 21.3 Å². The van der Waals surface area contributed by atoms with Crippen molar-refractivity contribution in [3.63, 3.8) is 0 Å². The van der Waals surface area contributed by atoms with Crippen molar-refractivity contribution >= 4 is 39.0 Å². The number of hydrogen-bond donors (Lipinski definition) is 2. The number of nitrogens with zero attached hydrogens (tertiary/aromatic N) is 4. The number of halogens is 3. The van der Waals surface area contributed by atoms with Crippen molar-refractivity contribution in [2.45, 2.75) is 43.6 Å². The van der Waals surface area contributed by atoms with Gasteiger partial charge in [0.25, 0.3) is 0 Å². The molecule has 1 aromatic heterocycles. The molecule has 4 atom stereocenters. The molecule has 2 bridgehead atoms. The fourth-order valence-corrected chi connectivity index (χ4v) is 7.23. The first kappa shape index (κ1) is 27.1. The Morgan fingerprint density at radius 3 is 2.62 bits per heavy atom. The number of anilines is 1. The number of likely N-dealkylation sites (N-methyl/N-ethyl adjacent to an activating group) is 1. The Morgan fingerprint density at radius 1 is 1.14 bits per heavy atom. The number of fused-ring (bicyclic) bond motifs is 4. The van der Waals surface area contributed by atoms with Crippen LogP contribution in [0, 0.1) is 17.1 Å². The molecule has 2 N–H and O–H groups in total. The second-order valence-electron chi connectivity index (χ2n) is 11.7. The van der Waals surface area contributed by atoms with Crippen LogP contribution < -0.4 is 15.0 Å². The maximum Gasteiger partial charge on any atom is 0.234 e. The number of nitrogens with one attached hydrogen (secondary N) is 1. The van der Waals surface area contributed by atoms with Gasteiger partial charge < -0.3 is 20.1 Å². The maximum absolute atomic E-state index is 16.8. The van der Waals surface area contributed by atoms with Gasteiger partial charge in [-0.05, 0) is 60.8 Å². The van der Waals surface area contributed by atoms with Gasteiger partial charge in [0.1, 0.15) is 35.7 Å². The second-order valence-corrected chi connectivity index (χ2v) is 12.1. The highest BCUT2D eigenvalue weighted by Gasteiger charge is 2.36. The summed E-state index contributed by atoms with van der Waals surface area (Å²) in [5.41, 5.74) is 1.34. The van der Waals surface area contributed by atoms with Crippen LogP contribution in [0.25, 0.3) is 32.8 Å².